The highest BCUT2D eigenvalue weighted by molar-refractivity contribution is 5.98. The third-order valence-electron chi connectivity index (χ3n) is 3.25. The molecular formula is C11H18N4O2. The van der Waals surface area contributed by atoms with E-state index < -0.39 is 0 Å². The van der Waals surface area contributed by atoms with Crippen LogP contribution in [0.15, 0.2) is 6.20 Å². The van der Waals surface area contributed by atoms with E-state index in [1.54, 1.807) is 4.90 Å². The lowest BCUT2D eigenvalue weighted by Crippen LogP contribution is -2.44. The molecule has 1 fully saturated rings. The monoisotopic (exact) mass is 238 g/mol. The summed E-state index contributed by atoms with van der Waals surface area (Å²) in [6.07, 6.45) is 5.15. The number of piperidine rings is 1. The number of hydrogen-bond donors (Lipinski definition) is 3. The molecule has 2 rings (SSSR count). The molecule has 1 aliphatic heterocycles. The van der Waals surface area contributed by atoms with E-state index >= 15 is 0 Å². The first-order valence-electron chi connectivity index (χ1n) is 5.94. The SMILES string of the molecule is Nc1[nH]ncc1C(=O)N1CCCCC1CCO. The summed E-state index contributed by atoms with van der Waals surface area (Å²) in [6, 6.07) is 0.121. The van der Waals surface area contributed by atoms with Crippen LogP contribution in [0.1, 0.15) is 36.0 Å². The third kappa shape index (κ3) is 2.41. The summed E-state index contributed by atoms with van der Waals surface area (Å²) in [6.45, 7) is 0.837. The lowest BCUT2D eigenvalue weighted by atomic mass is 9.99. The molecule has 1 aliphatic rings. The number of aromatic amines is 1. The second-order valence-corrected chi connectivity index (χ2v) is 4.36. The molecule has 6 heteroatoms. The summed E-state index contributed by atoms with van der Waals surface area (Å²) in [5.41, 5.74) is 6.08. The fourth-order valence-electron chi connectivity index (χ4n) is 2.34. The first kappa shape index (κ1) is 11.9. The lowest BCUT2D eigenvalue weighted by molar-refractivity contribution is 0.0576. The van der Waals surface area contributed by atoms with Gasteiger partial charge in [0.2, 0.25) is 0 Å². The average molecular weight is 238 g/mol. The molecule has 1 aromatic heterocycles. The van der Waals surface area contributed by atoms with Crippen molar-refractivity contribution in [3.63, 3.8) is 0 Å². The van der Waals surface area contributed by atoms with Gasteiger partial charge in [-0.2, -0.15) is 5.10 Å². The summed E-state index contributed by atoms with van der Waals surface area (Å²) in [5.74, 6) is 0.220. The van der Waals surface area contributed by atoms with Crippen molar-refractivity contribution in [1.82, 2.24) is 15.1 Å². The minimum Gasteiger partial charge on any atom is -0.396 e. The number of H-pyrrole nitrogens is 1. The Bertz CT molecular complexity index is 389. The van der Waals surface area contributed by atoms with Gasteiger partial charge >= 0.3 is 0 Å². The number of carbonyl (C=O) groups is 1. The average Bonchev–Trinajstić information content (AvgIpc) is 2.76. The van der Waals surface area contributed by atoms with Crippen LogP contribution in [0, 0.1) is 0 Å². The van der Waals surface area contributed by atoms with Gasteiger partial charge in [-0.05, 0) is 25.7 Å². The quantitative estimate of drug-likeness (QED) is 0.709. The van der Waals surface area contributed by atoms with E-state index in [0.717, 1.165) is 25.8 Å². The first-order chi connectivity index (χ1) is 8.24. The minimum absolute atomic E-state index is 0.0885. The number of hydrogen-bond acceptors (Lipinski definition) is 4. The maximum Gasteiger partial charge on any atom is 0.259 e. The number of nitrogens with one attached hydrogen (secondary N) is 1. The van der Waals surface area contributed by atoms with Crippen molar-refractivity contribution in [1.29, 1.82) is 0 Å². The molecule has 1 unspecified atom stereocenters. The predicted octanol–water partition coefficient (Wildman–Crippen LogP) is 0.369. The highest BCUT2D eigenvalue weighted by atomic mass is 16.3. The number of aromatic nitrogens is 2. The number of nitrogens with two attached hydrogens (primary N) is 1. The zero-order chi connectivity index (χ0) is 12.3. The number of rotatable bonds is 3. The van der Waals surface area contributed by atoms with Crippen molar-refractivity contribution in [3.8, 4) is 0 Å². The van der Waals surface area contributed by atoms with Gasteiger partial charge in [0, 0.05) is 19.2 Å². The summed E-state index contributed by atoms with van der Waals surface area (Å²) in [5, 5.41) is 15.4. The van der Waals surface area contributed by atoms with E-state index in [4.69, 9.17) is 10.8 Å². The van der Waals surface area contributed by atoms with Crippen LogP contribution in [-0.4, -0.2) is 45.3 Å². The zero-order valence-electron chi connectivity index (χ0n) is 9.72. The fraction of sp³-hybridized carbons (Fsp3) is 0.636. The van der Waals surface area contributed by atoms with Gasteiger partial charge in [-0.3, -0.25) is 9.89 Å². The van der Waals surface area contributed by atoms with Crippen LogP contribution < -0.4 is 5.73 Å². The van der Waals surface area contributed by atoms with Crippen LogP contribution in [0.3, 0.4) is 0 Å². The standard InChI is InChI=1S/C11H18N4O2/c12-10-9(7-13-14-10)11(17)15-5-2-1-3-8(15)4-6-16/h7-8,16H,1-6H2,(H3,12,13,14). The second kappa shape index (κ2) is 5.18. The molecule has 17 heavy (non-hydrogen) atoms. The van der Waals surface area contributed by atoms with Crippen molar-refractivity contribution in [2.24, 2.45) is 0 Å². The zero-order valence-corrected chi connectivity index (χ0v) is 9.72. The molecule has 94 valence electrons. The van der Waals surface area contributed by atoms with Gasteiger partial charge in [-0.1, -0.05) is 0 Å². The molecule has 0 aromatic carbocycles. The Morgan fingerprint density at radius 2 is 2.47 bits per heavy atom. The second-order valence-electron chi connectivity index (χ2n) is 4.36. The van der Waals surface area contributed by atoms with E-state index in [1.807, 2.05) is 0 Å². The van der Waals surface area contributed by atoms with Gasteiger partial charge in [0.25, 0.3) is 5.91 Å². The Morgan fingerprint density at radius 3 is 3.12 bits per heavy atom. The van der Waals surface area contributed by atoms with Crippen LogP contribution in [0.25, 0.3) is 0 Å². The molecule has 1 amide bonds. The van der Waals surface area contributed by atoms with E-state index in [2.05, 4.69) is 10.2 Å². The number of anilines is 1. The number of aliphatic hydroxyl groups is 1. The van der Waals surface area contributed by atoms with Crippen LogP contribution in [0.4, 0.5) is 5.82 Å². The van der Waals surface area contributed by atoms with Crippen LogP contribution >= 0.6 is 0 Å². The summed E-state index contributed by atoms with van der Waals surface area (Å²) in [7, 11) is 0. The van der Waals surface area contributed by atoms with E-state index in [-0.39, 0.29) is 18.6 Å². The van der Waals surface area contributed by atoms with Gasteiger partial charge in [-0.15, -0.1) is 0 Å². The molecule has 0 radical (unpaired) electrons. The van der Waals surface area contributed by atoms with Crippen molar-refractivity contribution in [2.75, 3.05) is 18.9 Å². The predicted molar refractivity (Wildman–Crippen MR) is 63.4 cm³/mol. The van der Waals surface area contributed by atoms with Gasteiger partial charge in [0.05, 0.1) is 6.20 Å². The van der Waals surface area contributed by atoms with Gasteiger partial charge < -0.3 is 15.7 Å². The molecule has 0 aliphatic carbocycles. The Hall–Kier alpha value is -1.56. The highest BCUT2D eigenvalue weighted by Gasteiger charge is 2.28. The number of likely N-dealkylation sites (tertiary alicyclic amines) is 1. The van der Waals surface area contributed by atoms with Crippen molar-refractivity contribution in [3.05, 3.63) is 11.8 Å². The number of amides is 1. The minimum atomic E-state index is -0.0885. The Kier molecular flexibility index (Phi) is 3.63. The molecule has 0 saturated carbocycles. The largest absolute Gasteiger partial charge is 0.396 e. The lowest BCUT2D eigenvalue weighted by Gasteiger charge is -2.35. The molecule has 1 saturated heterocycles. The molecule has 2 heterocycles. The molecule has 4 N–H and O–H groups in total. The highest BCUT2D eigenvalue weighted by Crippen LogP contribution is 2.22. The van der Waals surface area contributed by atoms with Crippen molar-refractivity contribution < 1.29 is 9.90 Å². The Morgan fingerprint density at radius 1 is 1.65 bits per heavy atom. The van der Waals surface area contributed by atoms with Gasteiger partial charge in [-0.25, -0.2) is 0 Å². The smallest absolute Gasteiger partial charge is 0.259 e. The summed E-state index contributed by atoms with van der Waals surface area (Å²) < 4.78 is 0. The maximum atomic E-state index is 12.3. The van der Waals surface area contributed by atoms with Crippen LogP contribution in [0.2, 0.25) is 0 Å². The third-order valence-corrected chi connectivity index (χ3v) is 3.25. The van der Waals surface area contributed by atoms with Gasteiger partial charge in [0.1, 0.15) is 11.4 Å². The first-order valence-corrected chi connectivity index (χ1v) is 5.94. The molecule has 0 bridgehead atoms. The van der Waals surface area contributed by atoms with E-state index in [0.29, 0.717) is 17.8 Å². The normalized spacial score (nSPS) is 20.5. The Labute approximate surface area is 99.8 Å². The molecule has 0 spiro atoms. The topological polar surface area (TPSA) is 95.2 Å². The maximum absolute atomic E-state index is 12.3. The molecule has 1 atom stereocenters. The van der Waals surface area contributed by atoms with Crippen molar-refractivity contribution in [2.45, 2.75) is 31.7 Å². The van der Waals surface area contributed by atoms with Crippen molar-refractivity contribution >= 4 is 11.7 Å². The summed E-state index contributed by atoms with van der Waals surface area (Å²) >= 11 is 0. The fourth-order valence-corrected chi connectivity index (χ4v) is 2.34. The number of nitrogens with zero attached hydrogens (tertiary/aromatic N) is 2. The van der Waals surface area contributed by atoms with Crippen LogP contribution in [0.5, 0.6) is 0 Å². The van der Waals surface area contributed by atoms with Crippen LogP contribution in [-0.2, 0) is 0 Å². The molecule has 6 nitrogen and oxygen atoms in total. The number of carbonyl (C=O) groups excluding carboxylic acids is 1. The Balaban J connectivity index is 2.14. The summed E-state index contributed by atoms with van der Waals surface area (Å²) in [4.78, 5) is 14.1. The molecule has 1 aromatic rings. The molecular weight excluding hydrogens is 220 g/mol. The van der Waals surface area contributed by atoms with Gasteiger partial charge in [0.15, 0.2) is 0 Å². The number of nitrogen functional groups attached to an aromatic ring is 1. The van der Waals surface area contributed by atoms with E-state index in [9.17, 15) is 4.79 Å². The number of aliphatic hydroxyl groups excluding tert-OH is 1. The van der Waals surface area contributed by atoms with E-state index in [1.165, 1.54) is 6.20 Å².